The van der Waals surface area contributed by atoms with Crippen molar-refractivity contribution in [2.75, 3.05) is 18.8 Å². The van der Waals surface area contributed by atoms with Crippen molar-refractivity contribution in [2.45, 2.75) is 57.8 Å². The van der Waals surface area contributed by atoms with Gasteiger partial charge in [-0.1, -0.05) is 27.7 Å². The summed E-state index contributed by atoms with van der Waals surface area (Å²) in [5, 5.41) is 15.1. The average molecular weight is 485 g/mol. The maximum Gasteiger partial charge on any atom is 0.194 e. The van der Waals surface area contributed by atoms with Crippen molar-refractivity contribution in [3.05, 3.63) is 31.0 Å². The molecule has 176 valence electrons. The molecule has 0 bridgehead atoms. The predicted molar refractivity (Wildman–Crippen MR) is 133 cm³/mol. The van der Waals surface area contributed by atoms with Gasteiger partial charge >= 0.3 is 0 Å². The van der Waals surface area contributed by atoms with Crippen LogP contribution < -0.4 is 0 Å². The number of rotatable bonds is 6. The van der Waals surface area contributed by atoms with Crippen LogP contribution in [-0.2, 0) is 15.5 Å². The summed E-state index contributed by atoms with van der Waals surface area (Å²) in [5.41, 5.74) is 1.89. The summed E-state index contributed by atoms with van der Waals surface area (Å²) in [6.45, 7) is 13.8. The monoisotopic (exact) mass is 484 g/mol. The Hall–Kier alpha value is -2.55. The number of H-pyrrole nitrogens is 1. The maximum absolute atomic E-state index is 13.9. The number of fused-ring (bicyclic) bond motifs is 1. The lowest BCUT2D eigenvalue weighted by Gasteiger charge is -2.50. The molecule has 4 heterocycles. The Bertz CT molecular complexity index is 1330. The Kier molecular flexibility index (Phi) is 5.75. The summed E-state index contributed by atoms with van der Waals surface area (Å²) in [7, 11) is -4.64. The Morgan fingerprint density at radius 3 is 2.70 bits per heavy atom. The molecular formula is C22H32N8OSSi. The first kappa shape index (κ1) is 23.6. The Balaban J connectivity index is 1.66. The Labute approximate surface area is 196 Å². The first-order valence-corrected chi connectivity index (χ1v) is 15.8. The molecule has 33 heavy (non-hydrogen) atoms. The zero-order valence-electron chi connectivity index (χ0n) is 20.2. The van der Waals surface area contributed by atoms with Crippen LogP contribution in [0.1, 0.15) is 34.1 Å². The van der Waals surface area contributed by atoms with Gasteiger partial charge in [0.05, 0.1) is 24.4 Å². The Morgan fingerprint density at radius 1 is 1.33 bits per heavy atom. The minimum absolute atomic E-state index is 0.0113. The van der Waals surface area contributed by atoms with Crippen molar-refractivity contribution in [1.29, 1.82) is 5.26 Å². The van der Waals surface area contributed by atoms with Crippen LogP contribution in [0.4, 0.5) is 0 Å². The van der Waals surface area contributed by atoms with Crippen molar-refractivity contribution in [3.63, 3.8) is 0 Å². The number of aromatic nitrogens is 5. The van der Waals surface area contributed by atoms with Gasteiger partial charge in [0.25, 0.3) is 0 Å². The summed E-state index contributed by atoms with van der Waals surface area (Å²) in [6, 6.07) is 4.25. The third kappa shape index (κ3) is 4.00. The van der Waals surface area contributed by atoms with Gasteiger partial charge in [0.2, 0.25) is 0 Å². The summed E-state index contributed by atoms with van der Waals surface area (Å²) in [5.74, 6) is 0.471. The fraction of sp³-hybridized carbons (Fsp3) is 0.545. The van der Waals surface area contributed by atoms with Crippen LogP contribution in [0, 0.1) is 11.3 Å². The van der Waals surface area contributed by atoms with Crippen LogP contribution in [0.2, 0.25) is 18.1 Å². The molecular weight excluding hydrogens is 452 g/mol. The molecule has 1 unspecified atom stereocenters. The Morgan fingerprint density at radius 2 is 2.06 bits per heavy atom. The highest BCUT2D eigenvalue weighted by Crippen LogP contribution is 2.41. The number of nitriles is 1. The lowest BCUT2D eigenvalue weighted by molar-refractivity contribution is 0.0751. The molecule has 0 amide bonds. The van der Waals surface area contributed by atoms with Gasteiger partial charge in [0, 0.05) is 42.2 Å². The summed E-state index contributed by atoms with van der Waals surface area (Å²) >= 11 is 0. The van der Waals surface area contributed by atoms with Crippen LogP contribution in [0.15, 0.2) is 35.0 Å². The molecule has 0 aromatic carbocycles. The van der Waals surface area contributed by atoms with Gasteiger partial charge in [-0.25, -0.2) is 18.5 Å². The molecule has 1 N–H and O–H groups in total. The van der Waals surface area contributed by atoms with Gasteiger partial charge in [0.1, 0.15) is 27.4 Å². The number of hydrogen-bond acceptors (Lipinski definition) is 6. The molecule has 1 fully saturated rings. The zero-order chi connectivity index (χ0) is 24.1. The minimum atomic E-state index is -2.53. The molecule has 4 rings (SSSR count). The van der Waals surface area contributed by atoms with E-state index < -0.39 is 23.7 Å². The molecule has 11 heteroatoms. The van der Waals surface area contributed by atoms with E-state index in [2.05, 4.69) is 60.0 Å². The fourth-order valence-corrected chi connectivity index (χ4v) is 10.1. The highest BCUT2D eigenvalue weighted by Gasteiger charge is 2.50. The van der Waals surface area contributed by atoms with E-state index in [1.54, 1.807) is 6.20 Å². The quantitative estimate of drug-likeness (QED) is 0.528. The first-order valence-electron chi connectivity index (χ1n) is 11.2. The molecule has 1 aliphatic rings. The van der Waals surface area contributed by atoms with Crippen LogP contribution >= 0.6 is 0 Å². The van der Waals surface area contributed by atoms with Gasteiger partial charge < -0.3 is 4.98 Å². The number of aromatic amines is 1. The molecule has 3 aromatic rings. The lowest BCUT2D eigenvalue weighted by Crippen LogP contribution is -2.64. The van der Waals surface area contributed by atoms with E-state index in [1.807, 2.05) is 34.4 Å². The second kappa shape index (κ2) is 8.04. The van der Waals surface area contributed by atoms with Crippen LogP contribution in [0.5, 0.6) is 0 Å². The van der Waals surface area contributed by atoms with Crippen molar-refractivity contribution in [1.82, 2.24) is 29.0 Å². The predicted octanol–water partition coefficient (Wildman–Crippen LogP) is 4.15. The first-order chi connectivity index (χ1) is 15.4. The molecule has 1 atom stereocenters. The lowest BCUT2D eigenvalue weighted by atomic mass is 9.89. The largest absolute Gasteiger partial charge is 0.346 e. The molecule has 0 spiro atoms. The topological polar surface area (TPSA) is 116 Å². The van der Waals surface area contributed by atoms with E-state index in [1.165, 1.54) is 6.33 Å². The zero-order valence-corrected chi connectivity index (χ0v) is 22.0. The number of hydrogen-bond donors (Lipinski definition) is 1. The van der Waals surface area contributed by atoms with Gasteiger partial charge in [-0.05, 0) is 24.2 Å². The fourth-order valence-electron chi connectivity index (χ4n) is 3.90. The van der Waals surface area contributed by atoms with Crippen molar-refractivity contribution >= 4 is 29.2 Å². The highest BCUT2D eigenvalue weighted by atomic mass is 32.2. The molecule has 0 radical (unpaired) electrons. The van der Waals surface area contributed by atoms with Crippen LogP contribution in [0.3, 0.4) is 0 Å². The maximum atomic E-state index is 13.9. The molecule has 0 aliphatic carbocycles. The van der Waals surface area contributed by atoms with Crippen molar-refractivity contribution in [3.8, 4) is 17.3 Å². The van der Waals surface area contributed by atoms with E-state index in [-0.39, 0.29) is 11.5 Å². The number of nitrogens with zero attached hydrogens (tertiary/aromatic N) is 7. The molecule has 9 nitrogen and oxygen atoms in total. The van der Waals surface area contributed by atoms with Gasteiger partial charge in [-0.2, -0.15) is 10.4 Å². The van der Waals surface area contributed by atoms with E-state index in [9.17, 15) is 9.47 Å². The molecule has 1 saturated heterocycles. The van der Waals surface area contributed by atoms with Gasteiger partial charge in [-0.15, -0.1) is 0 Å². The third-order valence-corrected chi connectivity index (χ3v) is 15.5. The normalized spacial score (nSPS) is 18.5. The van der Waals surface area contributed by atoms with Crippen molar-refractivity contribution < 1.29 is 4.21 Å². The van der Waals surface area contributed by atoms with E-state index in [0.717, 1.165) is 22.3 Å². The standard InChI is InChI=1S/C22H32N8OSSi/c1-7-32(31,28-33(5,6)21(2,3)4)29-14-22(15-29,9-10-23)30-13-17(12-27-30)19-18-8-11-24-20(18)26-16-25-19/h8,11-13,16H,7,9,14-15H2,1-6H3,(H,24,25,26). The van der Waals surface area contributed by atoms with Crippen LogP contribution in [0.25, 0.3) is 22.3 Å². The highest BCUT2D eigenvalue weighted by molar-refractivity contribution is 7.92. The third-order valence-electron chi connectivity index (χ3n) is 7.03. The number of nitrogens with one attached hydrogen (secondary N) is 1. The molecule has 0 saturated carbocycles. The smallest absolute Gasteiger partial charge is 0.194 e. The van der Waals surface area contributed by atoms with E-state index in [4.69, 9.17) is 4.03 Å². The molecule has 1 aliphatic heterocycles. The van der Waals surface area contributed by atoms with E-state index >= 15 is 0 Å². The van der Waals surface area contributed by atoms with E-state index in [0.29, 0.717) is 18.8 Å². The molecule has 3 aromatic heterocycles. The van der Waals surface area contributed by atoms with Crippen LogP contribution in [-0.4, -0.2) is 60.3 Å². The second-order valence-corrected chi connectivity index (χ2v) is 17.9. The van der Waals surface area contributed by atoms with Crippen molar-refractivity contribution in [2.24, 2.45) is 4.03 Å². The summed E-state index contributed by atoms with van der Waals surface area (Å²) in [4.78, 5) is 11.8. The second-order valence-electron chi connectivity index (χ2n) is 10.3. The SMILES string of the molecule is CCS(=O)(=N[Si](C)(C)C(C)(C)C)N1CC(CC#N)(n2cc(-c3ncnc4[nH]ccc34)cn2)C1. The van der Waals surface area contributed by atoms with Gasteiger partial charge in [-0.3, -0.25) is 8.71 Å². The van der Waals surface area contributed by atoms with Gasteiger partial charge in [0.15, 0.2) is 8.24 Å². The minimum Gasteiger partial charge on any atom is -0.346 e. The summed E-state index contributed by atoms with van der Waals surface area (Å²) in [6.07, 6.45) is 7.35. The summed E-state index contributed by atoms with van der Waals surface area (Å²) < 4.78 is 22.7. The average Bonchev–Trinajstić information content (AvgIpc) is 3.38.